The van der Waals surface area contributed by atoms with Crippen LogP contribution in [0, 0.1) is 0 Å². The number of rotatable bonds is 5. The van der Waals surface area contributed by atoms with Gasteiger partial charge in [-0.2, -0.15) is 0 Å². The Morgan fingerprint density at radius 1 is 1.53 bits per heavy atom. The molecule has 0 aromatic rings. The van der Waals surface area contributed by atoms with E-state index in [0.717, 1.165) is 19.4 Å². The molecule has 100 valence electrons. The van der Waals surface area contributed by atoms with Crippen molar-refractivity contribution >= 4 is 17.5 Å². The van der Waals surface area contributed by atoms with Crippen LogP contribution >= 0.6 is 11.6 Å². The lowest BCUT2D eigenvalue weighted by molar-refractivity contribution is -0.136. The number of hydrogen-bond acceptors (Lipinski definition) is 3. The first-order chi connectivity index (χ1) is 8.10. The summed E-state index contributed by atoms with van der Waals surface area (Å²) in [5.41, 5.74) is 0. The van der Waals surface area contributed by atoms with Gasteiger partial charge >= 0.3 is 0 Å². The quantitative estimate of drug-likeness (QED) is 0.698. The number of methoxy groups -OCH3 is 1. The summed E-state index contributed by atoms with van der Waals surface area (Å²) >= 11 is 5.60. The lowest BCUT2D eigenvalue weighted by atomic mass is 10.0. The second-order valence-electron chi connectivity index (χ2n) is 4.73. The highest BCUT2D eigenvalue weighted by atomic mass is 35.5. The van der Waals surface area contributed by atoms with Gasteiger partial charge in [0.2, 0.25) is 5.91 Å². The van der Waals surface area contributed by atoms with Gasteiger partial charge in [0, 0.05) is 38.5 Å². The topological polar surface area (TPSA) is 32.8 Å². The highest BCUT2D eigenvalue weighted by molar-refractivity contribution is 6.17. The van der Waals surface area contributed by atoms with Crippen LogP contribution in [0.5, 0.6) is 0 Å². The number of likely N-dealkylation sites (tertiary alicyclic amines) is 1. The van der Waals surface area contributed by atoms with Crippen LogP contribution in [-0.4, -0.2) is 68.0 Å². The van der Waals surface area contributed by atoms with E-state index < -0.39 is 0 Å². The highest BCUT2D eigenvalue weighted by Crippen LogP contribution is 2.18. The largest absolute Gasteiger partial charge is 0.378 e. The van der Waals surface area contributed by atoms with Crippen molar-refractivity contribution < 1.29 is 9.53 Å². The Kier molecular flexibility index (Phi) is 6.23. The van der Waals surface area contributed by atoms with E-state index in [1.54, 1.807) is 7.11 Å². The van der Waals surface area contributed by atoms with E-state index in [-0.39, 0.29) is 12.0 Å². The molecule has 0 spiro atoms. The molecule has 4 nitrogen and oxygen atoms in total. The molecule has 0 bridgehead atoms. The van der Waals surface area contributed by atoms with Crippen LogP contribution in [-0.2, 0) is 9.53 Å². The third-order valence-electron chi connectivity index (χ3n) is 3.37. The van der Waals surface area contributed by atoms with Gasteiger partial charge in [-0.3, -0.25) is 4.79 Å². The van der Waals surface area contributed by atoms with Gasteiger partial charge in [-0.05, 0) is 26.9 Å². The second kappa shape index (κ2) is 7.19. The minimum atomic E-state index is 0.110. The van der Waals surface area contributed by atoms with Crippen molar-refractivity contribution in [2.24, 2.45) is 0 Å². The number of piperidine rings is 1. The molecule has 1 aliphatic heterocycles. The molecule has 0 N–H and O–H groups in total. The first-order valence-electron chi connectivity index (χ1n) is 6.13. The number of ether oxygens (including phenoxy) is 1. The molecule has 5 heteroatoms. The fraction of sp³-hybridized carbons (Fsp3) is 0.917. The molecule has 0 unspecified atom stereocenters. The predicted molar refractivity (Wildman–Crippen MR) is 69.4 cm³/mol. The van der Waals surface area contributed by atoms with Crippen molar-refractivity contribution in [2.45, 2.75) is 31.4 Å². The maximum Gasteiger partial charge on any atom is 0.222 e. The zero-order valence-electron chi connectivity index (χ0n) is 11.0. The van der Waals surface area contributed by atoms with E-state index in [9.17, 15) is 4.79 Å². The molecule has 0 radical (unpaired) electrons. The molecule has 0 aromatic heterocycles. The number of amides is 1. The number of nitrogens with zero attached hydrogens (tertiary/aromatic N) is 2. The minimum absolute atomic E-state index is 0.110. The normalized spacial score (nSPS) is 25.4. The van der Waals surface area contributed by atoms with E-state index >= 15 is 0 Å². The van der Waals surface area contributed by atoms with Crippen LogP contribution in [0.15, 0.2) is 0 Å². The van der Waals surface area contributed by atoms with Crippen LogP contribution in [0.25, 0.3) is 0 Å². The van der Waals surface area contributed by atoms with E-state index in [4.69, 9.17) is 16.3 Å². The molecule has 0 aliphatic carbocycles. The first-order valence-corrected chi connectivity index (χ1v) is 6.66. The summed E-state index contributed by atoms with van der Waals surface area (Å²) in [6.07, 6.45) is 2.38. The fourth-order valence-corrected chi connectivity index (χ4v) is 2.46. The minimum Gasteiger partial charge on any atom is -0.378 e. The third-order valence-corrected chi connectivity index (χ3v) is 3.63. The number of halogens is 1. The molecular formula is C12H23ClN2O2. The summed E-state index contributed by atoms with van der Waals surface area (Å²) in [5, 5.41) is 0. The second-order valence-corrected chi connectivity index (χ2v) is 5.10. The third kappa shape index (κ3) is 4.12. The average molecular weight is 263 g/mol. The van der Waals surface area contributed by atoms with Crippen molar-refractivity contribution in [3.63, 3.8) is 0 Å². The summed E-state index contributed by atoms with van der Waals surface area (Å²) in [6.45, 7) is 1.52. The summed E-state index contributed by atoms with van der Waals surface area (Å²) < 4.78 is 5.49. The van der Waals surface area contributed by atoms with Gasteiger partial charge < -0.3 is 14.5 Å². The molecule has 1 rings (SSSR count). The van der Waals surface area contributed by atoms with Crippen LogP contribution in [0.4, 0.5) is 0 Å². The van der Waals surface area contributed by atoms with Crippen molar-refractivity contribution in [2.75, 3.05) is 40.2 Å². The van der Waals surface area contributed by atoms with Crippen LogP contribution in [0.1, 0.15) is 19.3 Å². The van der Waals surface area contributed by atoms with Crippen molar-refractivity contribution in [1.29, 1.82) is 0 Å². The molecule has 0 saturated carbocycles. The van der Waals surface area contributed by atoms with E-state index in [1.165, 1.54) is 0 Å². The predicted octanol–water partition coefficient (Wildman–Crippen LogP) is 1.18. The lowest BCUT2D eigenvalue weighted by Crippen LogP contribution is -2.54. The van der Waals surface area contributed by atoms with Gasteiger partial charge in [0.25, 0.3) is 0 Å². The van der Waals surface area contributed by atoms with Gasteiger partial charge in [0.15, 0.2) is 0 Å². The Hall–Kier alpha value is -0.320. The summed E-state index contributed by atoms with van der Waals surface area (Å²) in [4.78, 5) is 16.0. The Morgan fingerprint density at radius 2 is 2.24 bits per heavy atom. The van der Waals surface area contributed by atoms with E-state index in [0.29, 0.717) is 24.9 Å². The number of carbonyl (C=O) groups excluding carboxylic acids is 1. The van der Waals surface area contributed by atoms with Crippen molar-refractivity contribution in [3.05, 3.63) is 0 Å². The SMILES string of the molecule is CO[C@H]1CN(C(=O)CCCCl)CC[C@H]1N(C)C. The lowest BCUT2D eigenvalue weighted by Gasteiger charge is -2.40. The Labute approximate surface area is 109 Å². The molecule has 1 heterocycles. The molecule has 1 saturated heterocycles. The average Bonchev–Trinajstić information content (AvgIpc) is 2.34. The Bertz CT molecular complexity index is 249. The first kappa shape index (κ1) is 14.7. The smallest absolute Gasteiger partial charge is 0.222 e. The highest BCUT2D eigenvalue weighted by Gasteiger charge is 2.32. The maximum absolute atomic E-state index is 11.9. The number of carbonyl (C=O) groups is 1. The molecule has 1 aliphatic rings. The Balaban J connectivity index is 2.50. The standard InChI is InChI=1S/C12H23ClN2O2/c1-14(2)10-6-8-15(9-11(10)17-3)12(16)5-4-7-13/h10-11H,4-9H2,1-3H3/t10-,11+/m1/s1. The maximum atomic E-state index is 11.9. The molecule has 2 atom stereocenters. The van der Waals surface area contributed by atoms with E-state index in [2.05, 4.69) is 19.0 Å². The van der Waals surface area contributed by atoms with Crippen molar-refractivity contribution in [1.82, 2.24) is 9.80 Å². The van der Waals surface area contributed by atoms with Gasteiger partial charge in [-0.1, -0.05) is 0 Å². The summed E-state index contributed by atoms with van der Waals surface area (Å²) in [7, 11) is 5.83. The van der Waals surface area contributed by atoms with E-state index in [1.807, 2.05) is 4.90 Å². The fourth-order valence-electron chi connectivity index (χ4n) is 2.33. The summed E-state index contributed by atoms with van der Waals surface area (Å²) in [6, 6.07) is 0.400. The van der Waals surface area contributed by atoms with Crippen LogP contribution < -0.4 is 0 Å². The summed E-state index contributed by atoms with van der Waals surface area (Å²) in [5.74, 6) is 0.748. The molecule has 1 fully saturated rings. The van der Waals surface area contributed by atoms with Crippen LogP contribution in [0.3, 0.4) is 0 Å². The molecular weight excluding hydrogens is 240 g/mol. The van der Waals surface area contributed by atoms with Gasteiger partial charge in [-0.25, -0.2) is 0 Å². The van der Waals surface area contributed by atoms with Gasteiger partial charge in [0.05, 0.1) is 6.10 Å². The number of hydrogen-bond donors (Lipinski definition) is 0. The molecule has 1 amide bonds. The monoisotopic (exact) mass is 262 g/mol. The molecule has 0 aromatic carbocycles. The zero-order chi connectivity index (χ0) is 12.8. The Morgan fingerprint density at radius 3 is 2.76 bits per heavy atom. The number of alkyl halides is 1. The van der Waals surface area contributed by atoms with Crippen molar-refractivity contribution in [3.8, 4) is 0 Å². The van der Waals surface area contributed by atoms with Gasteiger partial charge in [-0.15, -0.1) is 11.6 Å². The van der Waals surface area contributed by atoms with Crippen LogP contribution in [0.2, 0.25) is 0 Å². The number of likely N-dealkylation sites (N-methyl/N-ethyl adjacent to an activating group) is 1. The zero-order valence-corrected chi connectivity index (χ0v) is 11.7. The van der Waals surface area contributed by atoms with Gasteiger partial charge in [0.1, 0.15) is 0 Å². The molecule has 17 heavy (non-hydrogen) atoms.